The summed E-state index contributed by atoms with van der Waals surface area (Å²) in [6, 6.07) is 10.0. The third-order valence-electron chi connectivity index (χ3n) is 11.2. The van der Waals surface area contributed by atoms with Gasteiger partial charge in [-0.25, -0.2) is 14.4 Å². The summed E-state index contributed by atoms with van der Waals surface area (Å²) in [6.07, 6.45) is 7.56. The van der Waals surface area contributed by atoms with Crippen LogP contribution in [0, 0.1) is 24.1 Å². The van der Waals surface area contributed by atoms with Crippen LogP contribution in [0.3, 0.4) is 0 Å². The van der Waals surface area contributed by atoms with E-state index in [0.29, 0.717) is 41.2 Å². The smallest absolute Gasteiger partial charge is 0.310 e. The number of ether oxygens (including phenoxy) is 2. The van der Waals surface area contributed by atoms with Crippen LogP contribution < -0.4 is 14.8 Å². The van der Waals surface area contributed by atoms with Crippen molar-refractivity contribution in [3.05, 3.63) is 77.1 Å². The lowest BCUT2D eigenvalue weighted by Gasteiger charge is -2.29. The highest BCUT2D eigenvalue weighted by Crippen LogP contribution is 2.57. The molecule has 54 heavy (non-hydrogen) atoms. The second-order valence-electron chi connectivity index (χ2n) is 15.2. The lowest BCUT2D eigenvalue weighted by molar-refractivity contribution is -0.147. The van der Waals surface area contributed by atoms with E-state index >= 15 is 0 Å². The third kappa shape index (κ3) is 7.58. The quantitative estimate of drug-likeness (QED) is 0.171. The SMILES string of the molecule is COc1ccc2c(O[C@@H]3C[C@H]4C(=O)C[C@]5(C(=O)O)C[C@H]5/C=C\CCCCC[C@H](Nc5cccc(F)c5)C(=O)N4C3)cc(-c3nc(C(C)C)cs3)nc2c1C. The Morgan fingerprint density at radius 2 is 1.94 bits per heavy atom. The minimum absolute atomic E-state index is 0.114. The summed E-state index contributed by atoms with van der Waals surface area (Å²) in [5, 5.41) is 17.1. The molecule has 1 saturated carbocycles. The first-order chi connectivity index (χ1) is 26.0. The summed E-state index contributed by atoms with van der Waals surface area (Å²) >= 11 is 1.51. The fourth-order valence-corrected chi connectivity index (χ4v) is 8.85. The molecule has 284 valence electrons. The van der Waals surface area contributed by atoms with Crippen molar-refractivity contribution in [3.8, 4) is 22.2 Å². The number of nitrogens with zero attached hydrogens (tertiary/aromatic N) is 3. The highest BCUT2D eigenvalue weighted by atomic mass is 32.1. The zero-order valence-electron chi connectivity index (χ0n) is 31.1. The number of halogens is 1. The Labute approximate surface area is 318 Å². The summed E-state index contributed by atoms with van der Waals surface area (Å²) in [6.45, 7) is 6.24. The zero-order chi connectivity index (χ0) is 38.1. The van der Waals surface area contributed by atoms with E-state index in [0.717, 1.165) is 47.3 Å². The van der Waals surface area contributed by atoms with E-state index in [4.69, 9.17) is 19.4 Å². The predicted molar refractivity (Wildman–Crippen MR) is 207 cm³/mol. The molecule has 5 atom stereocenters. The highest BCUT2D eigenvalue weighted by Gasteiger charge is 2.61. The van der Waals surface area contributed by atoms with Gasteiger partial charge in [0.15, 0.2) is 5.78 Å². The average Bonchev–Trinajstić information content (AvgIpc) is 3.44. The summed E-state index contributed by atoms with van der Waals surface area (Å²) in [5.74, 6) is -0.767. The number of carboxylic acids is 1. The van der Waals surface area contributed by atoms with Crippen LogP contribution in [0.1, 0.15) is 82.4 Å². The number of hydrogen-bond acceptors (Lipinski definition) is 9. The van der Waals surface area contributed by atoms with E-state index in [1.165, 1.54) is 23.5 Å². The largest absolute Gasteiger partial charge is 0.496 e. The first-order valence-electron chi connectivity index (χ1n) is 18.8. The van der Waals surface area contributed by atoms with Crippen molar-refractivity contribution in [2.45, 2.75) is 96.2 Å². The Hall–Kier alpha value is -4.84. The van der Waals surface area contributed by atoms with E-state index in [9.17, 15) is 23.9 Å². The Bertz CT molecular complexity index is 2100. The number of benzene rings is 2. The van der Waals surface area contributed by atoms with Crippen LogP contribution >= 0.6 is 11.3 Å². The molecule has 0 unspecified atom stereocenters. The van der Waals surface area contributed by atoms with E-state index in [1.807, 2.05) is 42.7 Å². The van der Waals surface area contributed by atoms with Gasteiger partial charge in [0, 0.05) is 40.9 Å². The van der Waals surface area contributed by atoms with Gasteiger partial charge in [-0.15, -0.1) is 11.3 Å². The molecule has 10 nitrogen and oxygen atoms in total. The molecule has 2 N–H and O–H groups in total. The summed E-state index contributed by atoms with van der Waals surface area (Å²) < 4.78 is 26.7. The fraction of sp³-hybridized carbons (Fsp3) is 0.452. The van der Waals surface area contributed by atoms with Crippen molar-refractivity contribution in [2.24, 2.45) is 11.3 Å². The summed E-state index contributed by atoms with van der Waals surface area (Å²) in [4.78, 5) is 53.0. The molecule has 1 amide bonds. The molecular weight excluding hydrogens is 708 g/mol. The van der Waals surface area contributed by atoms with E-state index in [-0.39, 0.29) is 42.9 Å². The molecule has 2 aromatic carbocycles. The van der Waals surface area contributed by atoms with Crippen LogP contribution in [-0.4, -0.2) is 69.5 Å². The number of Topliss-reactive ketones (excluding diaryl/α,β-unsaturated/α-hetero) is 1. The Morgan fingerprint density at radius 3 is 2.69 bits per heavy atom. The molecule has 1 aliphatic carbocycles. The fourth-order valence-electron chi connectivity index (χ4n) is 7.91. The first-order valence-corrected chi connectivity index (χ1v) is 19.7. The third-order valence-corrected chi connectivity index (χ3v) is 12.0. The topological polar surface area (TPSA) is 131 Å². The second-order valence-corrected chi connectivity index (χ2v) is 16.1. The standard InChI is InChI=1S/C42H47FN4O6S/c1-24(2)33-23-54-39(46-33)32-19-37(30-15-16-36(52-4)25(3)38(30)45-32)53-29-18-34-35(48)21-42(41(50)51)20-26(42)11-8-6-5-7-9-14-31(40(49)47(34)22-29)44-28-13-10-12-27(43)17-28/h8,10-13,15-17,19,23-24,26,29,31,34,44H,5-7,9,14,18,20-22H2,1-4H3,(H,50,51)/b11-8-/t26-,29-,31+,34+,42-/m1/s1. The molecule has 2 aliphatic heterocycles. The van der Waals surface area contributed by atoms with Crippen molar-refractivity contribution >= 4 is 45.6 Å². The number of thiazole rings is 1. The lowest BCUT2D eigenvalue weighted by atomic mass is 9.92. The average molecular weight is 755 g/mol. The van der Waals surface area contributed by atoms with E-state index in [1.54, 1.807) is 24.1 Å². The highest BCUT2D eigenvalue weighted by molar-refractivity contribution is 7.13. The summed E-state index contributed by atoms with van der Waals surface area (Å²) in [5.41, 5.74) is 2.42. The number of aromatic nitrogens is 2. The number of hydrogen-bond donors (Lipinski definition) is 2. The van der Waals surface area contributed by atoms with Gasteiger partial charge in [0.2, 0.25) is 5.91 Å². The van der Waals surface area contributed by atoms with Crippen LogP contribution in [0.5, 0.6) is 11.5 Å². The zero-order valence-corrected chi connectivity index (χ0v) is 32.0. The van der Waals surface area contributed by atoms with E-state index in [2.05, 4.69) is 19.2 Å². The number of ketones is 1. The van der Waals surface area contributed by atoms with Gasteiger partial charge >= 0.3 is 5.97 Å². The number of fused-ring (bicyclic) bond motifs is 3. The van der Waals surface area contributed by atoms with Gasteiger partial charge in [-0.2, -0.15) is 0 Å². The second kappa shape index (κ2) is 15.5. The van der Waals surface area contributed by atoms with Gasteiger partial charge in [-0.3, -0.25) is 14.4 Å². The molecule has 2 fully saturated rings. The van der Waals surface area contributed by atoms with Crippen LogP contribution in [0.15, 0.2) is 60.0 Å². The molecular formula is C42H47FN4O6S. The molecule has 4 heterocycles. The number of carbonyl (C=O) groups is 3. The Balaban J connectivity index is 1.25. The molecule has 0 spiro atoms. The minimum atomic E-state index is -1.18. The van der Waals surface area contributed by atoms with Gasteiger partial charge in [0.25, 0.3) is 0 Å². The van der Waals surface area contributed by atoms with Crippen LogP contribution in [-0.2, 0) is 14.4 Å². The van der Waals surface area contributed by atoms with Crippen molar-refractivity contribution in [1.82, 2.24) is 14.9 Å². The first kappa shape index (κ1) is 37.5. The van der Waals surface area contributed by atoms with Crippen LogP contribution in [0.2, 0.25) is 0 Å². The maximum absolute atomic E-state index is 14.6. The maximum atomic E-state index is 14.6. The number of amides is 1. The number of anilines is 1. The summed E-state index contributed by atoms with van der Waals surface area (Å²) in [7, 11) is 1.61. The number of methoxy groups -OCH3 is 1. The van der Waals surface area contributed by atoms with Gasteiger partial charge < -0.3 is 24.8 Å². The number of nitrogens with one attached hydrogen (secondary N) is 1. The molecule has 3 aliphatic rings. The van der Waals surface area contributed by atoms with Gasteiger partial charge in [-0.05, 0) is 74.8 Å². The Morgan fingerprint density at radius 1 is 1.11 bits per heavy atom. The number of carboxylic acid groups (broad SMARTS) is 1. The van der Waals surface area contributed by atoms with Crippen molar-refractivity contribution in [1.29, 1.82) is 0 Å². The van der Waals surface area contributed by atoms with Crippen molar-refractivity contribution in [2.75, 3.05) is 19.0 Å². The molecule has 4 aromatic rings. The Kier molecular flexibility index (Phi) is 10.7. The molecule has 7 rings (SSSR count). The van der Waals surface area contributed by atoms with Gasteiger partial charge in [0.05, 0.1) is 36.3 Å². The normalized spacial score (nSPS) is 25.4. The number of aryl methyl sites for hydroxylation is 1. The number of pyridine rings is 1. The number of aliphatic carboxylic acids is 1. The predicted octanol–water partition coefficient (Wildman–Crippen LogP) is 8.34. The van der Waals surface area contributed by atoms with E-state index < -0.39 is 35.4 Å². The van der Waals surface area contributed by atoms with Crippen molar-refractivity contribution in [3.63, 3.8) is 0 Å². The van der Waals surface area contributed by atoms with Crippen LogP contribution in [0.25, 0.3) is 21.6 Å². The van der Waals surface area contributed by atoms with Gasteiger partial charge in [0.1, 0.15) is 40.2 Å². The monoisotopic (exact) mass is 754 g/mol. The molecule has 2 aromatic heterocycles. The minimum Gasteiger partial charge on any atom is -0.496 e. The number of rotatable bonds is 8. The molecule has 0 radical (unpaired) electrons. The maximum Gasteiger partial charge on any atom is 0.310 e. The number of allylic oxidation sites excluding steroid dienone is 2. The van der Waals surface area contributed by atoms with Crippen LogP contribution in [0.4, 0.5) is 10.1 Å². The van der Waals surface area contributed by atoms with Gasteiger partial charge in [-0.1, -0.05) is 44.9 Å². The number of carbonyl (C=O) groups excluding carboxylic acids is 2. The molecule has 1 saturated heterocycles. The lowest BCUT2D eigenvalue weighted by Crippen LogP contribution is -2.48. The van der Waals surface area contributed by atoms with Crippen molar-refractivity contribution < 1.29 is 33.4 Å². The molecule has 0 bridgehead atoms. The molecule has 12 heteroatoms.